The Morgan fingerprint density at radius 3 is 0.768 bits per heavy atom. The van der Waals surface area contributed by atoms with Gasteiger partial charge in [0.25, 0.3) is 0 Å². The van der Waals surface area contributed by atoms with Crippen molar-refractivity contribution in [1.82, 2.24) is 8.75 Å². The fraction of sp³-hybridized carbons (Fsp3) is 0.738. The number of rotatable bonds is 58. The summed E-state index contributed by atoms with van der Waals surface area (Å²) in [6.07, 6.45) is 75.5. The molecule has 0 radical (unpaired) electrons. The summed E-state index contributed by atoms with van der Waals surface area (Å²) in [6, 6.07) is 14.5. The van der Waals surface area contributed by atoms with E-state index in [0.717, 1.165) is 55.8 Å². The molecule has 95 heavy (non-hydrogen) atoms. The standard InChI is InChI=1S/C84H130Br2N2O2S5/c1-5-9-13-17-21-25-29-33-37-41-45-49-53-59-83(60-54-50-46-42-38-34-30-26-22-18-14-10-6-2)69-63-73(91-79(69)81-71(89-83)65-75(85)93-81)67-57-58-68(78-77(67)87-95-88-78)74-64-70-80(92-74)82-72(66-76(86)94-82)90-84(70,61-55-51-47-43-39-35-31-27-23-19-15-11-7-3)62-56-52-48-44-40-36-32-28-24-20-16-12-8-4/h57-58,63-66H,5-56,59-62H2,1-4H3. The molecule has 0 aliphatic carbocycles. The number of aromatic nitrogens is 2. The summed E-state index contributed by atoms with van der Waals surface area (Å²) >= 11 is 16.9. The summed E-state index contributed by atoms with van der Waals surface area (Å²) in [5.74, 6) is 2.16. The van der Waals surface area contributed by atoms with E-state index in [1.807, 2.05) is 45.3 Å². The smallest absolute Gasteiger partial charge is 0.141 e. The van der Waals surface area contributed by atoms with E-state index >= 15 is 0 Å². The molecule has 0 unspecified atom stereocenters. The predicted octanol–water partition coefficient (Wildman–Crippen LogP) is 33.2. The lowest BCUT2D eigenvalue weighted by Gasteiger charge is -2.38. The molecule has 4 nitrogen and oxygen atoms in total. The number of halogens is 2. The number of unbranched alkanes of at least 4 members (excludes halogenated alkanes) is 48. The van der Waals surface area contributed by atoms with Crippen LogP contribution in [0.4, 0.5) is 0 Å². The highest BCUT2D eigenvalue weighted by Crippen LogP contribution is 2.60. The minimum Gasteiger partial charge on any atom is -0.481 e. The zero-order chi connectivity index (χ0) is 66.4. The van der Waals surface area contributed by atoms with Crippen molar-refractivity contribution < 1.29 is 9.47 Å². The predicted molar refractivity (Wildman–Crippen MR) is 432 cm³/mol. The second kappa shape index (κ2) is 46.1. The second-order valence-electron chi connectivity index (χ2n) is 29.5. The Labute approximate surface area is 618 Å². The van der Waals surface area contributed by atoms with Crippen LogP contribution in [0.3, 0.4) is 0 Å². The van der Waals surface area contributed by atoms with Gasteiger partial charge in [0.1, 0.15) is 33.7 Å². The Kier molecular flexibility index (Phi) is 38.4. The van der Waals surface area contributed by atoms with Crippen LogP contribution in [0.5, 0.6) is 11.5 Å². The third-order valence-corrected chi connectivity index (χ3v) is 27.9. The van der Waals surface area contributed by atoms with Crippen LogP contribution >= 0.6 is 88.9 Å². The van der Waals surface area contributed by atoms with E-state index in [-0.39, 0.29) is 11.2 Å². The monoisotopic (exact) mass is 1520 g/mol. The Balaban J connectivity index is 0.992. The quantitative estimate of drug-likeness (QED) is 0.0357. The lowest BCUT2D eigenvalue weighted by molar-refractivity contribution is 0.0395. The minimum atomic E-state index is -0.341. The number of nitrogens with zero attached hydrogens (tertiary/aromatic N) is 2. The molecule has 0 atom stereocenters. The number of ether oxygens (including phenoxy) is 2. The average molecular weight is 1520 g/mol. The minimum absolute atomic E-state index is 0.341. The third-order valence-electron chi connectivity index (χ3n) is 21.5. The van der Waals surface area contributed by atoms with E-state index in [1.165, 1.54) is 397 Å². The van der Waals surface area contributed by atoms with Crippen molar-refractivity contribution >= 4 is 100.0 Å². The van der Waals surface area contributed by atoms with Gasteiger partial charge in [0.2, 0.25) is 0 Å². The van der Waals surface area contributed by atoms with Gasteiger partial charge in [-0.05, 0) is 95.4 Å². The van der Waals surface area contributed by atoms with Crippen LogP contribution in [0.25, 0.3) is 51.4 Å². The van der Waals surface area contributed by atoms with Gasteiger partial charge in [0.05, 0.1) is 38.8 Å². The maximum absolute atomic E-state index is 7.55. The Hall–Kier alpha value is -1.60. The fourth-order valence-electron chi connectivity index (χ4n) is 15.7. The largest absolute Gasteiger partial charge is 0.481 e. The van der Waals surface area contributed by atoms with E-state index in [4.69, 9.17) is 18.2 Å². The molecule has 0 bridgehead atoms. The molecule has 5 aromatic heterocycles. The third kappa shape index (κ3) is 25.7. The fourth-order valence-corrected chi connectivity index (χ4v) is 22.2. The van der Waals surface area contributed by atoms with Gasteiger partial charge in [0, 0.05) is 44.1 Å². The molecule has 2 aliphatic rings. The first-order chi connectivity index (χ1) is 46.8. The summed E-state index contributed by atoms with van der Waals surface area (Å²) < 4.78 is 27.9. The molecule has 8 rings (SSSR count). The van der Waals surface area contributed by atoms with Crippen molar-refractivity contribution in [2.75, 3.05) is 0 Å². The number of hydrogen-bond acceptors (Lipinski definition) is 9. The first kappa shape index (κ1) is 79.1. The van der Waals surface area contributed by atoms with Gasteiger partial charge in [0.15, 0.2) is 0 Å². The number of hydrogen-bond donors (Lipinski definition) is 0. The van der Waals surface area contributed by atoms with Gasteiger partial charge in [-0.2, -0.15) is 8.75 Å². The topological polar surface area (TPSA) is 44.2 Å². The zero-order valence-electron chi connectivity index (χ0n) is 60.6. The molecule has 2 aliphatic heterocycles. The van der Waals surface area contributed by atoms with Gasteiger partial charge in [-0.1, -0.05) is 348 Å². The molecule has 0 spiro atoms. The van der Waals surface area contributed by atoms with Crippen LogP contribution in [-0.2, 0) is 11.2 Å². The van der Waals surface area contributed by atoms with Crippen molar-refractivity contribution in [3.8, 4) is 51.9 Å². The molecule has 6 aromatic rings. The lowest BCUT2D eigenvalue weighted by Crippen LogP contribution is -2.35. The molecule has 0 fully saturated rings. The van der Waals surface area contributed by atoms with Crippen molar-refractivity contribution in [2.24, 2.45) is 0 Å². The van der Waals surface area contributed by atoms with Crippen molar-refractivity contribution in [1.29, 1.82) is 0 Å². The Morgan fingerprint density at radius 1 is 0.295 bits per heavy atom. The highest BCUT2D eigenvalue weighted by molar-refractivity contribution is 9.11. The Morgan fingerprint density at radius 2 is 0.526 bits per heavy atom. The van der Waals surface area contributed by atoms with Crippen molar-refractivity contribution in [3.63, 3.8) is 0 Å². The van der Waals surface area contributed by atoms with Gasteiger partial charge >= 0.3 is 0 Å². The Bertz CT molecular complexity index is 2730. The molecule has 0 saturated carbocycles. The molecule has 1 aromatic carbocycles. The first-order valence-corrected chi connectivity index (χ1v) is 45.9. The molecular weight excluding hydrogens is 1390 g/mol. The maximum Gasteiger partial charge on any atom is 0.141 e. The summed E-state index contributed by atoms with van der Waals surface area (Å²) in [6.45, 7) is 9.28. The molecule has 532 valence electrons. The molecule has 11 heteroatoms. The van der Waals surface area contributed by atoms with Gasteiger partial charge in [-0.3, -0.25) is 0 Å². The highest BCUT2D eigenvalue weighted by Gasteiger charge is 2.45. The van der Waals surface area contributed by atoms with E-state index in [1.54, 1.807) is 0 Å². The molecule has 7 heterocycles. The summed E-state index contributed by atoms with van der Waals surface area (Å²) in [4.78, 5) is 7.98. The summed E-state index contributed by atoms with van der Waals surface area (Å²) in [5.41, 5.74) is 6.64. The second-order valence-corrected chi connectivity index (χ2v) is 37.0. The maximum atomic E-state index is 7.55. The average Bonchev–Trinajstić information content (AvgIpc) is 1.59. The lowest BCUT2D eigenvalue weighted by atomic mass is 9.81. The van der Waals surface area contributed by atoms with Gasteiger partial charge in [-0.25, -0.2) is 0 Å². The summed E-state index contributed by atoms with van der Waals surface area (Å²) in [5, 5.41) is 0. The van der Waals surface area contributed by atoms with Crippen LogP contribution in [0.15, 0.2) is 44.0 Å². The van der Waals surface area contributed by atoms with Crippen molar-refractivity contribution in [2.45, 2.75) is 398 Å². The number of benzene rings is 1. The number of fused-ring (bicyclic) bond motifs is 7. The van der Waals surface area contributed by atoms with E-state index in [9.17, 15) is 0 Å². The molecule has 0 saturated heterocycles. The molecular formula is C84H130Br2N2O2S5. The first-order valence-electron chi connectivity index (χ1n) is 40.4. The van der Waals surface area contributed by atoms with E-state index < -0.39 is 0 Å². The summed E-state index contributed by atoms with van der Waals surface area (Å²) in [7, 11) is 0. The van der Waals surface area contributed by atoms with E-state index in [2.05, 4.69) is 96.0 Å². The van der Waals surface area contributed by atoms with Crippen LogP contribution in [0.2, 0.25) is 0 Å². The normalized spacial score (nSPS) is 13.7. The van der Waals surface area contributed by atoms with Crippen LogP contribution in [0, 0.1) is 0 Å². The zero-order valence-corrected chi connectivity index (χ0v) is 67.8. The van der Waals surface area contributed by atoms with Crippen LogP contribution in [-0.4, -0.2) is 8.75 Å². The van der Waals surface area contributed by atoms with Gasteiger partial charge < -0.3 is 9.47 Å². The molecule has 0 amide bonds. The van der Waals surface area contributed by atoms with Crippen molar-refractivity contribution in [3.05, 3.63) is 55.1 Å². The van der Waals surface area contributed by atoms with E-state index in [0.29, 0.717) is 0 Å². The van der Waals surface area contributed by atoms with Crippen LogP contribution < -0.4 is 9.47 Å². The van der Waals surface area contributed by atoms with Crippen LogP contribution in [0.1, 0.15) is 398 Å². The highest BCUT2D eigenvalue weighted by atomic mass is 79.9. The van der Waals surface area contributed by atoms with Gasteiger partial charge in [-0.15, -0.1) is 45.3 Å². The molecule has 0 N–H and O–H groups in total. The SMILES string of the molecule is CCCCCCCCCCCCCCCC1(CCCCCCCCCCCCCCC)Oc2cc(Br)sc2-c2sc(-c3ccc(-c4cc5c(s4)-c4sc(Br)cc4OC5(CCCCCCCCCCCCCCC)CCCCCCCCCCCCCCC)c4nsnc34)cc21. The number of thiophene rings is 4.